The van der Waals surface area contributed by atoms with E-state index in [1.54, 1.807) is 18.2 Å². The second kappa shape index (κ2) is 3.24. The molecular formula is C12H9Cl2NO2. The average molecular weight is 270 g/mol. The average Bonchev–Trinajstić information content (AvgIpc) is 2.79. The number of ketones is 1. The molecule has 1 saturated carbocycles. The molecule has 0 bridgehead atoms. The molecule has 0 aromatic heterocycles. The van der Waals surface area contributed by atoms with Crippen LogP contribution in [0.15, 0.2) is 18.2 Å². The fraction of sp³-hybridized carbons (Fsp3) is 0.333. The van der Waals surface area contributed by atoms with Crippen LogP contribution in [-0.4, -0.2) is 17.2 Å². The van der Waals surface area contributed by atoms with Gasteiger partial charge in [-0.05, 0) is 25.1 Å². The number of β-lactam (4-membered cyclic amide) rings is 1. The molecule has 1 heterocycles. The fourth-order valence-corrected chi connectivity index (χ4v) is 2.91. The lowest BCUT2D eigenvalue weighted by Crippen LogP contribution is -2.49. The summed E-state index contributed by atoms with van der Waals surface area (Å²) < 4.78 is 0. The molecule has 1 aromatic rings. The van der Waals surface area contributed by atoms with Gasteiger partial charge >= 0.3 is 0 Å². The molecule has 1 N–H and O–H groups in total. The Bertz CT molecular complexity index is 557. The third-order valence-electron chi connectivity index (χ3n) is 3.68. The van der Waals surface area contributed by atoms with E-state index >= 15 is 0 Å². The van der Waals surface area contributed by atoms with Crippen LogP contribution in [0.1, 0.15) is 17.3 Å². The molecule has 3 rings (SSSR count). The highest BCUT2D eigenvalue weighted by atomic mass is 35.5. The van der Waals surface area contributed by atoms with E-state index < -0.39 is 0 Å². The van der Waals surface area contributed by atoms with E-state index in [0.29, 0.717) is 15.6 Å². The normalized spacial score (nSPS) is 33.5. The maximum Gasteiger partial charge on any atom is 0.226 e. The summed E-state index contributed by atoms with van der Waals surface area (Å²) in [4.78, 5) is 23.4. The number of benzene rings is 1. The second-order valence-corrected chi connectivity index (χ2v) is 5.53. The van der Waals surface area contributed by atoms with Gasteiger partial charge in [-0.15, -0.1) is 0 Å². The van der Waals surface area contributed by atoms with Gasteiger partial charge in [-0.1, -0.05) is 23.2 Å². The summed E-state index contributed by atoms with van der Waals surface area (Å²) in [5, 5.41) is 3.54. The zero-order valence-electron chi connectivity index (χ0n) is 8.96. The molecule has 0 radical (unpaired) electrons. The van der Waals surface area contributed by atoms with Gasteiger partial charge in [0.1, 0.15) is 0 Å². The van der Waals surface area contributed by atoms with E-state index in [9.17, 15) is 9.59 Å². The van der Waals surface area contributed by atoms with Gasteiger partial charge in [0.2, 0.25) is 5.91 Å². The van der Waals surface area contributed by atoms with Crippen molar-refractivity contribution in [3.05, 3.63) is 33.8 Å². The van der Waals surface area contributed by atoms with Crippen molar-refractivity contribution in [1.82, 2.24) is 5.32 Å². The number of hydrogen-bond acceptors (Lipinski definition) is 2. The zero-order chi connectivity index (χ0) is 12.4. The summed E-state index contributed by atoms with van der Waals surface area (Å²) in [6.07, 6.45) is 0. The van der Waals surface area contributed by atoms with Crippen molar-refractivity contribution in [3.8, 4) is 0 Å². The number of Topliss-reactive ketones (excluding diaryl/α,β-unsaturated/α-hetero) is 1. The molecule has 88 valence electrons. The smallest absolute Gasteiger partial charge is 0.226 e. The fourth-order valence-electron chi connectivity index (χ4n) is 2.61. The Morgan fingerprint density at radius 1 is 1.35 bits per heavy atom. The van der Waals surface area contributed by atoms with Crippen LogP contribution in [0.5, 0.6) is 0 Å². The predicted molar refractivity (Wildman–Crippen MR) is 64.3 cm³/mol. The van der Waals surface area contributed by atoms with Crippen molar-refractivity contribution < 1.29 is 9.59 Å². The van der Waals surface area contributed by atoms with Crippen molar-refractivity contribution in [2.75, 3.05) is 0 Å². The summed E-state index contributed by atoms with van der Waals surface area (Å²) in [6, 6.07) is 4.79. The number of halogens is 2. The third-order valence-corrected chi connectivity index (χ3v) is 4.42. The highest BCUT2D eigenvalue weighted by molar-refractivity contribution is 6.42. The number of carbonyl (C=O) groups excluding carboxylic acids is 2. The number of carbonyl (C=O) groups is 2. The van der Waals surface area contributed by atoms with Gasteiger partial charge in [-0.3, -0.25) is 9.59 Å². The zero-order valence-corrected chi connectivity index (χ0v) is 10.5. The summed E-state index contributed by atoms with van der Waals surface area (Å²) in [5.41, 5.74) is 0.176. The van der Waals surface area contributed by atoms with E-state index in [2.05, 4.69) is 5.32 Å². The summed E-state index contributed by atoms with van der Waals surface area (Å²) in [7, 11) is 0. The Morgan fingerprint density at radius 2 is 2.06 bits per heavy atom. The molecule has 1 aromatic carbocycles. The summed E-state index contributed by atoms with van der Waals surface area (Å²) >= 11 is 11.7. The first kappa shape index (κ1) is 11.1. The maximum absolute atomic E-state index is 12.2. The highest BCUT2D eigenvalue weighted by Gasteiger charge is 2.76. The Hall–Kier alpha value is -1.06. The van der Waals surface area contributed by atoms with Crippen molar-refractivity contribution in [2.24, 2.45) is 11.8 Å². The lowest BCUT2D eigenvalue weighted by molar-refractivity contribution is -0.128. The quantitative estimate of drug-likeness (QED) is 0.662. The minimum absolute atomic E-state index is 0.0362. The largest absolute Gasteiger partial charge is 0.349 e. The molecule has 1 aliphatic carbocycles. The molecule has 5 heteroatoms. The van der Waals surface area contributed by atoms with Crippen LogP contribution in [0.25, 0.3) is 0 Å². The van der Waals surface area contributed by atoms with Gasteiger partial charge < -0.3 is 5.32 Å². The van der Waals surface area contributed by atoms with Crippen LogP contribution in [-0.2, 0) is 4.79 Å². The van der Waals surface area contributed by atoms with Gasteiger partial charge in [-0.2, -0.15) is 0 Å². The topological polar surface area (TPSA) is 46.2 Å². The number of fused-ring (bicyclic) bond motifs is 1. The van der Waals surface area contributed by atoms with E-state index in [0.717, 1.165) is 0 Å². The standard InChI is InChI=1S/C12H9Cl2NO2/c1-12-8(9(12)11(17)15-12)10(16)5-2-3-6(13)7(14)4-5/h2-4,8-9H,1H3,(H,15,17). The van der Waals surface area contributed by atoms with Gasteiger partial charge in [0.15, 0.2) is 5.78 Å². The minimum atomic E-state index is -0.333. The number of rotatable bonds is 2. The van der Waals surface area contributed by atoms with Crippen molar-refractivity contribution in [3.63, 3.8) is 0 Å². The Kier molecular flexibility index (Phi) is 2.11. The first-order valence-corrected chi connectivity index (χ1v) is 6.02. The Balaban J connectivity index is 1.89. The first-order chi connectivity index (χ1) is 7.95. The molecule has 1 aliphatic heterocycles. The van der Waals surface area contributed by atoms with Crippen molar-refractivity contribution in [1.29, 1.82) is 0 Å². The molecule has 1 amide bonds. The molecule has 2 fully saturated rings. The number of nitrogens with one attached hydrogen (secondary N) is 1. The van der Waals surface area contributed by atoms with Crippen LogP contribution >= 0.6 is 23.2 Å². The molecule has 0 spiro atoms. The second-order valence-electron chi connectivity index (χ2n) is 4.72. The van der Waals surface area contributed by atoms with Crippen LogP contribution in [0.2, 0.25) is 10.0 Å². The van der Waals surface area contributed by atoms with E-state index in [1.807, 2.05) is 6.92 Å². The SMILES string of the molecule is CC12NC(=O)C1C2C(=O)c1ccc(Cl)c(Cl)c1. The monoisotopic (exact) mass is 269 g/mol. The van der Waals surface area contributed by atoms with Gasteiger partial charge in [0.25, 0.3) is 0 Å². The van der Waals surface area contributed by atoms with E-state index in [4.69, 9.17) is 23.2 Å². The molecule has 1 saturated heterocycles. The Labute approximate surface area is 108 Å². The van der Waals surface area contributed by atoms with Gasteiger partial charge in [0.05, 0.1) is 27.4 Å². The summed E-state index contributed by atoms with van der Waals surface area (Å²) in [5.74, 6) is -0.503. The van der Waals surface area contributed by atoms with Gasteiger partial charge in [0, 0.05) is 5.56 Å². The van der Waals surface area contributed by atoms with E-state index in [-0.39, 0.29) is 29.1 Å². The molecule has 3 unspecified atom stereocenters. The lowest BCUT2D eigenvalue weighted by Gasteiger charge is -2.21. The van der Waals surface area contributed by atoms with Crippen molar-refractivity contribution in [2.45, 2.75) is 12.5 Å². The first-order valence-electron chi connectivity index (χ1n) is 5.26. The Morgan fingerprint density at radius 3 is 2.53 bits per heavy atom. The van der Waals surface area contributed by atoms with Crippen LogP contribution in [0.3, 0.4) is 0 Å². The summed E-state index contributed by atoms with van der Waals surface area (Å²) in [6.45, 7) is 1.89. The number of amides is 1. The third kappa shape index (κ3) is 1.36. The minimum Gasteiger partial charge on any atom is -0.349 e. The van der Waals surface area contributed by atoms with Crippen LogP contribution in [0, 0.1) is 11.8 Å². The number of hydrogen-bond donors (Lipinski definition) is 1. The lowest BCUT2D eigenvalue weighted by atomic mass is 10.0. The molecule has 2 aliphatic rings. The van der Waals surface area contributed by atoms with Crippen LogP contribution < -0.4 is 5.32 Å². The molecular weight excluding hydrogens is 261 g/mol. The molecule has 3 atom stereocenters. The van der Waals surface area contributed by atoms with Crippen molar-refractivity contribution >= 4 is 34.9 Å². The van der Waals surface area contributed by atoms with Gasteiger partial charge in [-0.25, -0.2) is 0 Å². The maximum atomic E-state index is 12.2. The van der Waals surface area contributed by atoms with E-state index in [1.165, 1.54) is 0 Å². The predicted octanol–water partition coefficient (Wildman–Crippen LogP) is 2.31. The highest BCUT2D eigenvalue weighted by Crippen LogP contribution is 2.58. The molecule has 3 nitrogen and oxygen atoms in total. The van der Waals surface area contributed by atoms with Crippen LogP contribution in [0.4, 0.5) is 0 Å². The molecule has 17 heavy (non-hydrogen) atoms.